The summed E-state index contributed by atoms with van der Waals surface area (Å²) in [6.07, 6.45) is 5.29. The highest BCUT2D eigenvalue weighted by Gasteiger charge is 2.41. The van der Waals surface area contributed by atoms with Gasteiger partial charge in [-0.1, -0.05) is 31.4 Å². The topological polar surface area (TPSA) is 74.2 Å². The van der Waals surface area contributed by atoms with E-state index in [9.17, 15) is 9.59 Å². The highest BCUT2D eigenvalue weighted by atomic mass is 16.7. The summed E-state index contributed by atoms with van der Waals surface area (Å²) in [6.45, 7) is 7.72. The average Bonchev–Trinajstić information content (AvgIpc) is 2.64. The summed E-state index contributed by atoms with van der Waals surface area (Å²) in [5.74, 6) is -0.330. The molecule has 0 spiro atoms. The lowest BCUT2D eigenvalue weighted by Crippen LogP contribution is -2.36. The van der Waals surface area contributed by atoms with Gasteiger partial charge in [0.05, 0.1) is 24.3 Å². The number of hydrogen-bond acceptors (Lipinski definition) is 6. The molecule has 1 aromatic carbocycles. The minimum atomic E-state index is -0.711. The fourth-order valence-electron chi connectivity index (χ4n) is 3.09. The van der Waals surface area contributed by atoms with Crippen LogP contribution in [0.4, 0.5) is 10.5 Å². The molecule has 140 valence electrons. The van der Waals surface area contributed by atoms with Crippen LogP contribution < -0.4 is 0 Å². The van der Waals surface area contributed by atoms with E-state index in [2.05, 4.69) is 4.99 Å². The Hall–Kier alpha value is -2.37. The number of hydrogen-bond donors (Lipinski definition) is 0. The van der Waals surface area contributed by atoms with Crippen LogP contribution in [0.1, 0.15) is 51.0 Å². The van der Waals surface area contributed by atoms with Crippen molar-refractivity contribution >= 4 is 24.2 Å². The van der Waals surface area contributed by atoms with Crippen molar-refractivity contribution < 1.29 is 23.8 Å². The smallest absolute Gasteiger partial charge is 0.435 e. The summed E-state index contributed by atoms with van der Waals surface area (Å²) in [5.41, 5.74) is 0.650. The third-order valence-electron chi connectivity index (χ3n) is 4.56. The zero-order valence-corrected chi connectivity index (χ0v) is 15.1. The lowest BCUT2D eigenvalue weighted by Gasteiger charge is -2.33. The molecule has 0 unspecified atom stereocenters. The molecule has 0 saturated heterocycles. The van der Waals surface area contributed by atoms with Crippen molar-refractivity contribution in [3.8, 4) is 0 Å². The van der Waals surface area contributed by atoms with Gasteiger partial charge in [-0.05, 0) is 50.8 Å². The number of esters is 1. The van der Waals surface area contributed by atoms with E-state index in [4.69, 9.17) is 21.1 Å². The molecule has 1 aliphatic rings. The average molecular weight is 359 g/mol. The highest BCUT2D eigenvalue weighted by molar-refractivity contribution is 5.84. The molecule has 0 bridgehead atoms. The summed E-state index contributed by atoms with van der Waals surface area (Å²) < 4.78 is 15.1. The van der Waals surface area contributed by atoms with Gasteiger partial charge in [0.15, 0.2) is 6.40 Å². The van der Waals surface area contributed by atoms with Crippen LogP contribution in [0, 0.1) is 12.3 Å². The molecule has 1 aromatic rings. The predicted octanol–water partition coefficient (Wildman–Crippen LogP) is 4.46. The van der Waals surface area contributed by atoms with E-state index >= 15 is 0 Å². The quantitative estimate of drug-likeness (QED) is 0.408. The first-order chi connectivity index (χ1) is 12.6. The molecule has 2 rings (SSSR count). The van der Waals surface area contributed by atoms with Crippen molar-refractivity contribution in [1.29, 1.82) is 0 Å². The van der Waals surface area contributed by atoms with Gasteiger partial charge < -0.3 is 14.2 Å². The summed E-state index contributed by atoms with van der Waals surface area (Å²) in [4.78, 5) is 28.1. The Morgan fingerprint density at radius 2 is 1.85 bits per heavy atom. The molecule has 26 heavy (non-hydrogen) atoms. The summed E-state index contributed by atoms with van der Waals surface area (Å²) >= 11 is 0. The molecule has 0 amide bonds. The SMILES string of the molecule is [CH]c1ccc(N=COC(=O)C2(CCOC(=O)OCC)CCCCC2)cc1. The fraction of sp³-hybridized carbons (Fsp3) is 0.500. The number of benzene rings is 1. The van der Waals surface area contributed by atoms with Crippen LogP contribution in [0.25, 0.3) is 0 Å². The van der Waals surface area contributed by atoms with Gasteiger partial charge in [-0.25, -0.2) is 9.79 Å². The lowest BCUT2D eigenvalue weighted by atomic mass is 9.72. The molecular weight excluding hydrogens is 334 g/mol. The minimum absolute atomic E-state index is 0.128. The molecule has 1 fully saturated rings. The van der Waals surface area contributed by atoms with Crippen molar-refractivity contribution in [2.75, 3.05) is 13.2 Å². The minimum Gasteiger partial charge on any atom is -0.435 e. The van der Waals surface area contributed by atoms with E-state index < -0.39 is 11.6 Å². The molecular formula is C20H25NO5. The van der Waals surface area contributed by atoms with Crippen LogP contribution in [0.15, 0.2) is 29.3 Å². The van der Waals surface area contributed by atoms with Crippen LogP contribution in [0.2, 0.25) is 0 Å². The van der Waals surface area contributed by atoms with Crippen LogP contribution in [0.5, 0.6) is 0 Å². The first kappa shape index (κ1) is 19.9. The monoisotopic (exact) mass is 359 g/mol. The van der Waals surface area contributed by atoms with E-state index in [1.807, 2.05) is 0 Å². The number of nitrogens with zero attached hydrogens (tertiary/aromatic N) is 1. The van der Waals surface area contributed by atoms with E-state index in [0.717, 1.165) is 25.7 Å². The molecule has 0 aliphatic heterocycles. The lowest BCUT2D eigenvalue weighted by molar-refractivity contribution is -0.150. The normalized spacial score (nSPS) is 16.2. The highest BCUT2D eigenvalue weighted by Crippen LogP contribution is 2.40. The second kappa shape index (κ2) is 9.94. The van der Waals surface area contributed by atoms with Gasteiger partial charge >= 0.3 is 12.1 Å². The summed E-state index contributed by atoms with van der Waals surface area (Å²) in [5, 5.41) is 0. The first-order valence-electron chi connectivity index (χ1n) is 8.94. The Morgan fingerprint density at radius 1 is 1.15 bits per heavy atom. The molecule has 0 atom stereocenters. The third kappa shape index (κ3) is 5.86. The number of ether oxygens (including phenoxy) is 3. The predicted molar refractivity (Wildman–Crippen MR) is 97.2 cm³/mol. The van der Waals surface area contributed by atoms with Crippen LogP contribution in [0.3, 0.4) is 0 Å². The number of carbonyl (C=O) groups is 2. The molecule has 6 nitrogen and oxygen atoms in total. The molecule has 0 aromatic heterocycles. The van der Waals surface area contributed by atoms with Crippen LogP contribution in [-0.4, -0.2) is 31.7 Å². The zero-order chi connectivity index (χ0) is 18.8. The van der Waals surface area contributed by atoms with Crippen molar-refractivity contribution in [3.05, 3.63) is 36.8 Å². The van der Waals surface area contributed by atoms with Gasteiger partial charge in [-0.3, -0.25) is 4.79 Å². The maximum absolute atomic E-state index is 12.7. The van der Waals surface area contributed by atoms with E-state index in [-0.39, 0.29) is 19.2 Å². The molecule has 1 aliphatic carbocycles. The Bertz CT molecular complexity index is 618. The van der Waals surface area contributed by atoms with Crippen molar-refractivity contribution in [2.24, 2.45) is 10.4 Å². The van der Waals surface area contributed by atoms with Crippen LogP contribution in [-0.2, 0) is 19.0 Å². The number of rotatable bonds is 7. The second-order valence-corrected chi connectivity index (χ2v) is 6.35. The van der Waals surface area contributed by atoms with Gasteiger partial charge in [-0.15, -0.1) is 0 Å². The van der Waals surface area contributed by atoms with E-state index in [1.54, 1.807) is 31.2 Å². The van der Waals surface area contributed by atoms with Crippen molar-refractivity contribution in [2.45, 2.75) is 45.4 Å². The Balaban J connectivity index is 1.92. The summed E-state index contributed by atoms with van der Waals surface area (Å²) in [6, 6.07) is 6.93. The van der Waals surface area contributed by atoms with Gasteiger partial charge in [0.2, 0.25) is 0 Å². The van der Waals surface area contributed by atoms with Gasteiger partial charge in [0.25, 0.3) is 0 Å². The van der Waals surface area contributed by atoms with Gasteiger partial charge in [0, 0.05) is 0 Å². The van der Waals surface area contributed by atoms with E-state index in [0.29, 0.717) is 30.5 Å². The second-order valence-electron chi connectivity index (χ2n) is 6.35. The van der Waals surface area contributed by atoms with Crippen molar-refractivity contribution in [1.82, 2.24) is 0 Å². The fourth-order valence-corrected chi connectivity index (χ4v) is 3.09. The van der Waals surface area contributed by atoms with Crippen LogP contribution >= 0.6 is 0 Å². The van der Waals surface area contributed by atoms with Gasteiger partial charge in [-0.2, -0.15) is 0 Å². The Labute approximate surface area is 154 Å². The largest absolute Gasteiger partial charge is 0.508 e. The molecule has 2 radical (unpaired) electrons. The molecule has 0 N–H and O–H groups in total. The Kier molecular flexibility index (Phi) is 7.63. The van der Waals surface area contributed by atoms with Crippen molar-refractivity contribution in [3.63, 3.8) is 0 Å². The molecule has 1 saturated carbocycles. The standard InChI is InChI=1S/C20H25NO5/c1-3-24-19(23)25-14-13-20(11-5-4-6-12-20)18(22)26-15-21-17-9-7-16(2)8-10-17/h2,7-10,15H,3-6,11-14H2,1H3. The summed E-state index contributed by atoms with van der Waals surface area (Å²) in [7, 11) is 0. The first-order valence-corrected chi connectivity index (χ1v) is 8.94. The zero-order valence-electron chi connectivity index (χ0n) is 15.1. The van der Waals surface area contributed by atoms with Gasteiger partial charge in [0.1, 0.15) is 0 Å². The third-order valence-corrected chi connectivity index (χ3v) is 4.56. The maximum Gasteiger partial charge on any atom is 0.508 e. The molecule has 0 heterocycles. The number of aliphatic imine (C=N–C) groups is 1. The maximum atomic E-state index is 12.7. The van der Waals surface area contributed by atoms with E-state index in [1.165, 1.54) is 0 Å². The Morgan fingerprint density at radius 3 is 2.50 bits per heavy atom. The molecule has 6 heteroatoms. The number of carbonyl (C=O) groups excluding carboxylic acids is 2.